The van der Waals surface area contributed by atoms with E-state index in [-0.39, 0.29) is 0 Å². The summed E-state index contributed by atoms with van der Waals surface area (Å²) in [5.41, 5.74) is 4.25. The molecule has 0 aromatic heterocycles. The van der Waals surface area contributed by atoms with E-state index in [9.17, 15) is 4.79 Å². The molecule has 2 aliphatic rings. The fourth-order valence-electron chi connectivity index (χ4n) is 3.57. The van der Waals surface area contributed by atoms with Crippen molar-refractivity contribution in [1.29, 1.82) is 0 Å². The van der Waals surface area contributed by atoms with Crippen LogP contribution in [0.15, 0.2) is 29.3 Å². The van der Waals surface area contributed by atoms with Gasteiger partial charge in [0.25, 0.3) is 0 Å². The Kier molecular flexibility index (Phi) is 7.01. The van der Waals surface area contributed by atoms with Gasteiger partial charge in [0.15, 0.2) is 0 Å². The van der Waals surface area contributed by atoms with Crippen molar-refractivity contribution in [2.45, 2.75) is 25.9 Å². The molecule has 1 aromatic carbocycles. The van der Waals surface area contributed by atoms with Crippen LogP contribution in [0.3, 0.4) is 0 Å². The number of carbonyl (C=O) groups excluding carboxylic acids is 1. The molecule has 6 nitrogen and oxygen atoms in total. The number of benzene rings is 1. The highest BCUT2D eigenvalue weighted by Gasteiger charge is 2.22. The van der Waals surface area contributed by atoms with E-state index in [1.54, 1.807) is 19.1 Å². The molecule has 0 N–H and O–H groups in total. The molecule has 6 heteroatoms. The highest BCUT2D eigenvalue weighted by molar-refractivity contribution is 5.97. The summed E-state index contributed by atoms with van der Waals surface area (Å²) in [6.07, 6.45) is 5.67. The number of hydrogen-bond donors (Lipinski definition) is 0. The van der Waals surface area contributed by atoms with Gasteiger partial charge in [0.1, 0.15) is 0 Å². The van der Waals surface area contributed by atoms with E-state index in [0.717, 1.165) is 62.3 Å². The summed E-state index contributed by atoms with van der Waals surface area (Å²) in [6.45, 7) is 3.74. The van der Waals surface area contributed by atoms with Crippen LogP contribution in [-0.4, -0.2) is 57.7 Å². The monoisotopic (exact) mass is 372 g/mol. The van der Waals surface area contributed by atoms with Crippen molar-refractivity contribution in [3.63, 3.8) is 0 Å². The molecule has 0 atom stereocenters. The summed E-state index contributed by atoms with van der Waals surface area (Å²) in [5.74, 6) is 1.10. The molecule has 1 fully saturated rings. The number of fused-ring (bicyclic) bond motifs is 1. The Morgan fingerprint density at radius 1 is 1.37 bits per heavy atom. The fourth-order valence-corrected chi connectivity index (χ4v) is 3.57. The third-order valence-corrected chi connectivity index (χ3v) is 5.16. The van der Waals surface area contributed by atoms with Crippen molar-refractivity contribution in [3.8, 4) is 0 Å². The van der Waals surface area contributed by atoms with Crippen LogP contribution in [0.25, 0.3) is 5.70 Å². The summed E-state index contributed by atoms with van der Waals surface area (Å²) < 4.78 is 16.6. The molecule has 0 radical (unpaired) electrons. The van der Waals surface area contributed by atoms with Gasteiger partial charge < -0.3 is 19.1 Å². The lowest BCUT2D eigenvalue weighted by atomic mass is 9.94. The molecule has 1 saturated heterocycles. The molecule has 0 saturated carbocycles. The van der Waals surface area contributed by atoms with Crippen molar-refractivity contribution in [2.24, 2.45) is 10.9 Å². The minimum Gasteiger partial charge on any atom is -0.481 e. The summed E-state index contributed by atoms with van der Waals surface area (Å²) in [5, 5.41) is 0. The molecule has 1 aromatic rings. The van der Waals surface area contributed by atoms with Gasteiger partial charge >= 0.3 is 0 Å². The van der Waals surface area contributed by atoms with Gasteiger partial charge in [-0.05, 0) is 36.3 Å². The zero-order chi connectivity index (χ0) is 19.1. The van der Waals surface area contributed by atoms with Crippen molar-refractivity contribution in [1.82, 2.24) is 4.90 Å². The number of aliphatic imine (C=N–C) groups is 1. The van der Waals surface area contributed by atoms with Crippen LogP contribution in [0.1, 0.15) is 29.5 Å². The molecular weight excluding hydrogens is 344 g/mol. The van der Waals surface area contributed by atoms with Crippen LogP contribution in [0.4, 0.5) is 0 Å². The first-order valence-electron chi connectivity index (χ1n) is 9.47. The number of rotatable bonds is 6. The molecule has 0 spiro atoms. The highest BCUT2D eigenvalue weighted by atomic mass is 16.5. The average Bonchev–Trinajstić information content (AvgIpc) is 2.72. The molecule has 27 heavy (non-hydrogen) atoms. The van der Waals surface area contributed by atoms with Crippen molar-refractivity contribution < 1.29 is 19.0 Å². The Morgan fingerprint density at radius 2 is 2.19 bits per heavy atom. The molecule has 0 aliphatic carbocycles. The van der Waals surface area contributed by atoms with Crippen molar-refractivity contribution in [3.05, 3.63) is 41.0 Å². The number of amides is 1. The number of ether oxygens (including phenoxy) is 3. The second kappa shape index (κ2) is 9.67. The van der Waals surface area contributed by atoms with Crippen LogP contribution in [-0.2, 0) is 32.0 Å². The van der Waals surface area contributed by atoms with E-state index >= 15 is 0 Å². The van der Waals surface area contributed by atoms with E-state index in [1.165, 1.54) is 5.56 Å². The van der Waals surface area contributed by atoms with E-state index in [0.29, 0.717) is 25.0 Å². The molecule has 2 aliphatic heterocycles. The normalized spacial score (nSPS) is 19.9. The first-order valence-corrected chi connectivity index (χ1v) is 9.47. The third kappa shape index (κ3) is 4.96. The summed E-state index contributed by atoms with van der Waals surface area (Å²) in [7, 11) is 3.25. The lowest BCUT2D eigenvalue weighted by Crippen LogP contribution is -2.29. The topological polar surface area (TPSA) is 60.4 Å². The third-order valence-electron chi connectivity index (χ3n) is 5.16. The van der Waals surface area contributed by atoms with Gasteiger partial charge in [0, 0.05) is 38.4 Å². The zero-order valence-electron chi connectivity index (χ0n) is 16.1. The maximum atomic E-state index is 11.5. The van der Waals surface area contributed by atoms with Crippen LogP contribution >= 0.6 is 0 Å². The van der Waals surface area contributed by atoms with Crippen LogP contribution in [0.2, 0.25) is 0 Å². The number of methoxy groups -OCH3 is 1. The predicted molar refractivity (Wildman–Crippen MR) is 104 cm³/mol. The van der Waals surface area contributed by atoms with Gasteiger partial charge in [0.05, 0.1) is 26.0 Å². The highest BCUT2D eigenvalue weighted by Crippen LogP contribution is 2.29. The Bertz CT molecular complexity index is 708. The van der Waals surface area contributed by atoms with Crippen LogP contribution < -0.4 is 0 Å². The molecule has 1 amide bonds. The SMILES string of the molecule is C/N=C(\C=C1\c2ccc(COCC3CCOCC3)cc2CCN1C=O)OC. The number of carbonyl (C=O) groups is 1. The van der Waals surface area contributed by atoms with Gasteiger partial charge in [0.2, 0.25) is 12.3 Å². The molecule has 3 rings (SSSR count). The largest absolute Gasteiger partial charge is 0.481 e. The molecule has 2 heterocycles. The molecule has 0 bridgehead atoms. The van der Waals surface area contributed by atoms with Crippen LogP contribution in [0, 0.1) is 5.92 Å². The van der Waals surface area contributed by atoms with E-state index < -0.39 is 0 Å². The smallest absolute Gasteiger partial charge is 0.214 e. The molecular formula is C21H28N2O4. The maximum Gasteiger partial charge on any atom is 0.214 e. The first-order chi connectivity index (χ1) is 13.2. The van der Waals surface area contributed by atoms with E-state index in [4.69, 9.17) is 14.2 Å². The van der Waals surface area contributed by atoms with E-state index in [2.05, 4.69) is 23.2 Å². The standard InChI is InChI=1S/C21H28N2O4/c1-22-21(25-2)12-20-19-4-3-17(11-18(19)5-8-23(20)15-24)14-27-13-16-6-9-26-10-7-16/h3-4,11-12,15-16H,5-10,13-14H2,1-2H3/b20-12-,22-21+. The van der Waals surface area contributed by atoms with Gasteiger partial charge in [-0.25, -0.2) is 0 Å². The summed E-state index contributed by atoms with van der Waals surface area (Å²) in [4.78, 5) is 17.3. The van der Waals surface area contributed by atoms with E-state index in [1.807, 2.05) is 6.08 Å². The zero-order valence-corrected chi connectivity index (χ0v) is 16.1. The number of hydrogen-bond acceptors (Lipinski definition) is 5. The Hall–Kier alpha value is -2.18. The average molecular weight is 372 g/mol. The summed E-state index contributed by atoms with van der Waals surface area (Å²) in [6, 6.07) is 6.32. The lowest BCUT2D eigenvalue weighted by Gasteiger charge is -2.29. The fraction of sp³-hybridized carbons (Fsp3) is 0.524. The van der Waals surface area contributed by atoms with Crippen molar-refractivity contribution in [2.75, 3.05) is 40.5 Å². The second-order valence-corrected chi connectivity index (χ2v) is 6.91. The van der Waals surface area contributed by atoms with Gasteiger partial charge in [-0.1, -0.05) is 18.2 Å². The molecule has 0 unspecified atom stereocenters. The lowest BCUT2D eigenvalue weighted by molar-refractivity contribution is -0.115. The Balaban J connectivity index is 1.71. The molecule has 146 valence electrons. The first kappa shape index (κ1) is 19.6. The number of nitrogens with zero attached hydrogens (tertiary/aromatic N) is 2. The summed E-state index contributed by atoms with van der Waals surface area (Å²) >= 11 is 0. The minimum absolute atomic E-state index is 0.494. The predicted octanol–water partition coefficient (Wildman–Crippen LogP) is 2.66. The quantitative estimate of drug-likeness (QED) is 0.438. The van der Waals surface area contributed by atoms with Gasteiger partial charge in [-0.15, -0.1) is 0 Å². The van der Waals surface area contributed by atoms with Crippen LogP contribution in [0.5, 0.6) is 0 Å². The second-order valence-electron chi connectivity index (χ2n) is 6.91. The van der Waals surface area contributed by atoms with Crippen molar-refractivity contribution >= 4 is 18.0 Å². The van der Waals surface area contributed by atoms with Gasteiger partial charge in [-0.2, -0.15) is 0 Å². The Labute approximate surface area is 160 Å². The minimum atomic E-state index is 0.494. The Morgan fingerprint density at radius 3 is 2.89 bits per heavy atom. The maximum absolute atomic E-state index is 11.5. The van der Waals surface area contributed by atoms with Gasteiger partial charge in [-0.3, -0.25) is 9.79 Å².